The number of methoxy groups -OCH3 is 2. The zero-order valence-corrected chi connectivity index (χ0v) is 20.2. The summed E-state index contributed by atoms with van der Waals surface area (Å²) in [4.78, 5) is 9.30. The first-order valence-corrected chi connectivity index (χ1v) is 10.2. The molecule has 7 nitrogen and oxygen atoms in total. The standard InChI is InChI=1S/C21H34N4O3.HI/c1-22-21(23-7-4-5-8-24-10-12-28-13-11-24)25-9-6-17-14-19(26-2)20(27-3)15-18(17)16-25;/h14-15H,4-13,16H2,1-3H3,(H,22,23);1H. The Labute approximate surface area is 191 Å². The first kappa shape index (κ1) is 24.0. The number of rotatable bonds is 7. The Morgan fingerprint density at radius 2 is 1.76 bits per heavy atom. The molecular formula is C21H35IN4O3. The maximum Gasteiger partial charge on any atom is 0.193 e. The smallest absolute Gasteiger partial charge is 0.193 e. The molecule has 0 unspecified atom stereocenters. The molecule has 0 spiro atoms. The van der Waals surface area contributed by atoms with Gasteiger partial charge in [-0.3, -0.25) is 9.89 Å². The van der Waals surface area contributed by atoms with Crippen molar-refractivity contribution >= 4 is 29.9 Å². The first-order chi connectivity index (χ1) is 13.7. The van der Waals surface area contributed by atoms with Crippen molar-refractivity contribution in [1.82, 2.24) is 15.1 Å². The minimum atomic E-state index is 0. The van der Waals surface area contributed by atoms with Crippen molar-refractivity contribution in [3.05, 3.63) is 23.3 Å². The van der Waals surface area contributed by atoms with Gasteiger partial charge in [0.05, 0.1) is 27.4 Å². The van der Waals surface area contributed by atoms with E-state index >= 15 is 0 Å². The van der Waals surface area contributed by atoms with Crippen LogP contribution in [-0.2, 0) is 17.7 Å². The molecular weight excluding hydrogens is 483 g/mol. The summed E-state index contributed by atoms with van der Waals surface area (Å²) in [6.45, 7) is 7.77. The summed E-state index contributed by atoms with van der Waals surface area (Å²) in [5.41, 5.74) is 2.61. The van der Waals surface area contributed by atoms with Crippen LogP contribution in [0.1, 0.15) is 24.0 Å². The molecule has 29 heavy (non-hydrogen) atoms. The minimum absolute atomic E-state index is 0. The summed E-state index contributed by atoms with van der Waals surface area (Å²) in [7, 11) is 5.23. The van der Waals surface area contributed by atoms with Crippen molar-refractivity contribution < 1.29 is 14.2 Å². The van der Waals surface area contributed by atoms with E-state index in [9.17, 15) is 0 Å². The van der Waals surface area contributed by atoms with Crippen LogP contribution in [0.4, 0.5) is 0 Å². The van der Waals surface area contributed by atoms with Crippen molar-refractivity contribution in [2.24, 2.45) is 4.99 Å². The van der Waals surface area contributed by atoms with E-state index in [0.717, 1.165) is 82.8 Å². The molecule has 1 saturated heterocycles. The molecule has 0 saturated carbocycles. The topological polar surface area (TPSA) is 58.6 Å². The van der Waals surface area contributed by atoms with Gasteiger partial charge < -0.3 is 24.4 Å². The van der Waals surface area contributed by atoms with Crippen molar-refractivity contribution in [3.8, 4) is 11.5 Å². The van der Waals surface area contributed by atoms with Gasteiger partial charge in [0, 0.05) is 39.8 Å². The van der Waals surface area contributed by atoms with Crippen LogP contribution < -0.4 is 14.8 Å². The number of hydrogen-bond donors (Lipinski definition) is 1. The van der Waals surface area contributed by atoms with Crippen LogP contribution in [0.5, 0.6) is 11.5 Å². The summed E-state index contributed by atoms with van der Waals surface area (Å²) in [5.74, 6) is 2.57. The minimum Gasteiger partial charge on any atom is -0.493 e. The maximum atomic E-state index is 5.46. The molecule has 0 radical (unpaired) electrons. The Kier molecular flexibility index (Phi) is 10.3. The molecule has 0 atom stereocenters. The number of nitrogens with one attached hydrogen (secondary N) is 1. The highest BCUT2D eigenvalue weighted by Crippen LogP contribution is 2.33. The third-order valence-electron chi connectivity index (χ3n) is 5.52. The van der Waals surface area contributed by atoms with Crippen LogP contribution in [0.25, 0.3) is 0 Å². The average Bonchev–Trinajstić information content (AvgIpc) is 2.75. The molecule has 1 N–H and O–H groups in total. The molecule has 1 aromatic carbocycles. The van der Waals surface area contributed by atoms with E-state index in [0.29, 0.717) is 0 Å². The van der Waals surface area contributed by atoms with Crippen LogP contribution in [0.2, 0.25) is 0 Å². The lowest BCUT2D eigenvalue weighted by molar-refractivity contribution is 0.0372. The summed E-state index contributed by atoms with van der Waals surface area (Å²) >= 11 is 0. The Morgan fingerprint density at radius 1 is 1.07 bits per heavy atom. The lowest BCUT2D eigenvalue weighted by Gasteiger charge is -2.32. The number of guanidine groups is 1. The van der Waals surface area contributed by atoms with E-state index in [4.69, 9.17) is 14.2 Å². The Bertz CT molecular complexity index is 666. The molecule has 8 heteroatoms. The summed E-state index contributed by atoms with van der Waals surface area (Å²) in [5, 5.41) is 3.54. The van der Waals surface area contributed by atoms with Gasteiger partial charge in [0.2, 0.25) is 0 Å². The molecule has 0 aromatic heterocycles. The summed E-state index contributed by atoms with van der Waals surface area (Å²) < 4.78 is 16.3. The molecule has 1 aromatic rings. The zero-order valence-electron chi connectivity index (χ0n) is 17.9. The number of ether oxygens (including phenoxy) is 3. The SMILES string of the molecule is CN=C(NCCCCN1CCOCC1)N1CCc2cc(OC)c(OC)cc2C1.I. The maximum absolute atomic E-state index is 5.46. The van der Waals surface area contributed by atoms with Gasteiger partial charge in [0.25, 0.3) is 0 Å². The fraction of sp³-hybridized carbons (Fsp3) is 0.667. The first-order valence-electron chi connectivity index (χ1n) is 10.2. The van der Waals surface area contributed by atoms with Gasteiger partial charge in [-0.1, -0.05) is 0 Å². The van der Waals surface area contributed by atoms with Crippen molar-refractivity contribution in [2.75, 3.05) is 67.2 Å². The quantitative estimate of drug-likeness (QED) is 0.259. The molecule has 2 aliphatic heterocycles. The van der Waals surface area contributed by atoms with Crippen LogP contribution in [-0.4, -0.2) is 83.0 Å². The van der Waals surface area contributed by atoms with Crippen molar-refractivity contribution in [3.63, 3.8) is 0 Å². The van der Waals surface area contributed by atoms with E-state index in [1.807, 2.05) is 7.05 Å². The molecule has 3 rings (SSSR count). The fourth-order valence-corrected chi connectivity index (χ4v) is 3.88. The van der Waals surface area contributed by atoms with Gasteiger partial charge in [0.15, 0.2) is 17.5 Å². The third kappa shape index (κ3) is 6.62. The van der Waals surface area contributed by atoms with Gasteiger partial charge in [-0.15, -0.1) is 24.0 Å². The fourth-order valence-electron chi connectivity index (χ4n) is 3.88. The number of halogens is 1. The average molecular weight is 518 g/mol. The number of benzene rings is 1. The Morgan fingerprint density at radius 3 is 2.41 bits per heavy atom. The van der Waals surface area contributed by atoms with E-state index in [1.165, 1.54) is 17.5 Å². The number of nitrogens with zero attached hydrogens (tertiary/aromatic N) is 3. The van der Waals surface area contributed by atoms with Crippen LogP contribution >= 0.6 is 24.0 Å². The number of fused-ring (bicyclic) bond motifs is 1. The predicted molar refractivity (Wildman–Crippen MR) is 127 cm³/mol. The highest BCUT2D eigenvalue weighted by molar-refractivity contribution is 14.0. The van der Waals surface area contributed by atoms with Crippen molar-refractivity contribution in [2.45, 2.75) is 25.8 Å². The third-order valence-corrected chi connectivity index (χ3v) is 5.52. The molecule has 0 aliphatic carbocycles. The Balaban J connectivity index is 0.00000300. The molecule has 0 bridgehead atoms. The molecule has 1 fully saturated rings. The number of hydrogen-bond acceptors (Lipinski definition) is 5. The summed E-state index contributed by atoms with van der Waals surface area (Å²) in [6.07, 6.45) is 3.32. The molecule has 0 amide bonds. The second kappa shape index (κ2) is 12.4. The zero-order chi connectivity index (χ0) is 19.8. The van der Waals surface area contributed by atoms with E-state index in [1.54, 1.807) is 14.2 Å². The lowest BCUT2D eigenvalue weighted by Crippen LogP contribution is -2.44. The highest BCUT2D eigenvalue weighted by Gasteiger charge is 2.21. The summed E-state index contributed by atoms with van der Waals surface area (Å²) in [6, 6.07) is 4.20. The van der Waals surface area contributed by atoms with Gasteiger partial charge in [-0.05, 0) is 49.1 Å². The normalized spacial score (nSPS) is 17.3. The van der Waals surface area contributed by atoms with E-state index in [2.05, 4.69) is 32.2 Å². The largest absolute Gasteiger partial charge is 0.493 e. The number of morpholine rings is 1. The van der Waals surface area contributed by atoms with Crippen LogP contribution in [0.3, 0.4) is 0 Å². The number of aliphatic imine (C=N–C) groups is 1. The monoisotopic (exact) mass is 518 g/mol. The molecule has 2 heterocycles. The lowest BCUT2D eigenvalue weighted by atomic mass is 9.99. The van der Waals surface area contributed by atoms with Gasteiger partial charge in [-0.25, -0.2) is 0 Å². The van der Waals surface area contributed by atoms with Gasteiger partial charge in [-0.2, -0.15) is 0 Å². The van der Waals surface area contributed by atoms with E-state index < -0.39 is 0 Å². The Hall–Kier alpha value is -1.26. The van der Waals surface area contributed by atoms with Crippen LogP contribution in [0, 0.1) is 0 Å². The molecule has 2 aliphatic rings. The highest BCUT2D eigenvalue weighted by atomic mass is 127. The second-order valence-electron chi connectivity index (χ2n) is 7.28. The van der Waals surface area contributed by atoms with Gasteiger partial charge >= 0.3 is 0 Å². The molecule has 164 valence electrons. The van der Waals surface area contributed by atoms with Crippen LogP contribution in [0.15, 0.2) is 17.1 Å². The predicted octanol–water partition coefficient (Wildman–Crippen LogP) is 2.37. The van der Waals surface area contributed by atoms with E-state index in [-0.39, 0.29) is 24.0 Å². The van der Waals surface area contributed by atoms with Gasteiger partial charge in [0.1, 0.15) is 0 Å². The second-order valence-corrected chi connectivity index (χ2v) is 7.28. The number of unbranched alkanes of at least 4 members (excludes halogenated alkanes) is 1. The van der Waals surface area contributed by atoms with Crippen molar-refractivity contribution in [1.29, 1.82) is 0 Å².